The molecular weight excluding hydrogens is 274 g/mol. The van der Waals surface area contributed by atoms with Crippen LogP contribution in [-0.4, -0.2) is 48.0 Å². The molecular formula is C14H23N3O2S. The number of hydrogen-bond donors (Lipinski definition) is 1. The van der Waals surface area contributed by atoms with Crippen molar-refractivity contribution in [3.8, 4) is 0 Å². The molecule has 20 heavy (non-hydrogen) atoms. The van der Waals surface area contributed by atoms with E-state index in [2.05, 4.69) is 28.7 Å². The molecule has 5 nitrogen and oxygen atoms in total. The summed E-state index contributed by atoms with van der Waals surface area (Å²) in [5, 5.41) is 4.24. The molecule has 0 spiro atoms. The van der Waals surface area contributed by atoms with Gasteiger partial charge in [0.25, 0.3) is 0 Å². The van der Waals surface area contributed by atoms with Crippen LogP contribution in [-0.2, 0) is 4.74 Å². The van der Waals surface area contributed by atoms with Gasteiger partial charge in [-0.3, -0.25) is 0 Å². The summed E-state index contributed by atoms with van der Waals surface area (Å²) in [5.41, 5.74) is 1.54. The highest BCUT2D eigenvalue weighted by atomic mass is 32.1. The van der Waals surface area contributed by atoms with Gasteiger partial charge in [0.2, 0.25) is 0 Å². The molecule has 0 aliphatic heterocycles. The maximum Gasteiger partial charge on any atom is 0.343 e. The number of carbonyl (C=O) groups is 1. The lowest BCUT2D eigenvalue weighted by Gasteiger charge is -2.47. The molecule has 1 N–H and O–H groups in total. The molecule has 1 heterocycles. The molecule has 1 aliphatic carbocycles. The smallest absolute Gasteiger partial charge is 0.343 e. The number of hydrogen-bond acceptors (Lipinski definition) is 6. The number of carbonyl (C=O) groups excluding carboxylic acids is 1. The third-order valence-corrected chi connectivity index (χ3v) is 5.05. The van der Waals surface area contributed by atoms with Crippen molar-refractivity contribution in [1.82, 2.24) is 9.27 Å². The van der Waals surface area contributed by atoms with Crippen LogP contribution in [0.25, 0.3) is 0 Å². The van der Waals surface area contributed by atoms with Crippen LogP contribution in [0.1, 0.15) is 42.2 Å². The van der Waals surface area contributed by atoms with Crippen molar-refractivity contribution in [2.75, 3.05) is 32.6 Å². The molecule has 1 saturated carbocycles. The van der Waals surface area contributed by atoms with E-state index in [0.29, 0.717) is 12.2 Å². The molecule has 6 heteroatoms. The summed E-state index contributed by atoms with van der Waals surface area (Å²) in [5.74, 6) is -0.284. The predicted molar refractivity (Wildman–Crippen MR) is 81.6 cm³/mol. The number of anilines is 1. The lowest BCUT2D eigenvalue weighted by Crippen LogP contribution is -2.54. The van der Waals surface area contributed by atoms with Crippen LogP contribution in [0.2, 0.25) is 0 Å². The van der Waals surface area contributed by atoms with E-state index in [1.54, 1.807) is 0 Å². The van der Waals surface area contributed by atoms with Gasteiger partial charge in [-0.1, -0.05) is 0 Å². The molecule has 0 amide bonds. The number of nitrogens with zero attached hydrogens (tertiary/aromatic N) is 2. The molecule has 0 bridgehead atoms. The van der Waals surface area contributed by atoms with Gasteiger partial charge in [-0.15, -0.1) is 0 Å². The van der Waals surface area contributed by atoms with E-state index >= 15 is 0 Å². The van der Waals surface area contributed by atoms with E-state index in [1.807, 2.05) is 13.8 Å². The second-order valence-electron chi connectivity index (χ2n) is 5.52. The molecule has 0 saturated heterocycles. The lowest BCUT2D eigenvalue weighted by atomic mass is 9.75. The van der Waals surface area contributed by atoms with Gasteiger partial charge in [-0.05, 0) is 58.7 Å². The average molecular weight is 297 g/mol. The largest absolute Gasteiger partial charge is 0.462 e. The van der Waals surface area contributed by atoms with Crippen LogP contribution in [0.4, 0.5) is 5.00 Å². The fraction of sp³-hybridized carbons (Fsp3) is 0.714. The number of rotatable bonds is 6. The standard InChI is InChI=1S/C14H23N3O2S/c1-5-19-13(18)11-10(2)16-20-12(11)15-9-14(17(3)4)7-6-8-14/h15H,5-9H2,1-4H3. The number of esters is 1. The molecule has 112 valence electrons. The highest BCUT2D eigenvalue weighted by Crippen LogP contribution is 2.37. The summed E-state index contributed by atoms with van der Waals surface area (Å²) in [6.07, 6.45) is 3.66. The minimum absolute atomic E-state index is 0.212. The molecule has 1 aromatic rings. The zero-order valence-electron chi connectivity index (χ0n) is 12.7. The van der Waals surface area contributed by atoms with Gasteiger partial charge in [0.15, 0.2) is 0 Å². The zero-order valence-corrected chi connectivity index (χ0v) is 13.5. The van der Waals surface area contributed by atoms with Crippen LogP contribution in [0.15, 0.2) is 0 Å². The fourth-order valence-corrected chi connectivity index (χ4v) is 3.32. The first-order valence-electron chi connectivity index (χ1n) is 7.05. The molecule has 0 radical (unpaired) electrons. The Hall–Kier alpha value is -1.14. The van der Waals surface area contributed by atoms with Crippen LogP contribution in [0.3, 0.4) is 0 Å². The first-order chi connectivity index (χ1) is 9.50. The summed E-state index contributed by atoms with van der Waals surface area (Å²) in [4.78, 5) is 14.3. The minimum atomic E-state index is -0.284. The first-order valence-corrected chi connectivity index (χ1v) is 7.82. The Labute approximate surface area is 124 Å². The fourth-order valence-electron chi connectivity index (χ4n) is 2.55. The number of aromatic nitrogens is 1. The quantitative estimate of drug-likeness (QED) is 0.818. The SMILES string of the molecule is CCOC(=O)c1c(C)nsc1NCC1(N(C)C)CCC1. The molecule has 2 rings (SSSR count). The third kappa shape index (κ3) is 2.81. The number of likely N-dealkylation sites (N-methyl/N-ethyl adjacent to an activating group) is 1. The Morgan fingerprint density at radius 2 is 2.20 bits per heavy atom. The van der Waals surface area contributed by atoms with Gasteiger partial charge in [0, 0.05) is 12.1 Å². The second kappa shape index (κ2) is 6.10. The topological polar surface area (TPSA) is 54.5 Å². The van der Waals surface area contributed by atoms with Gasteiger partial charge >= 0.3 is 5.97 Å². The average Bonchev–Trinajstić information content (AvgIpc) is 2.69. The summed E-state index contributed by atoms with van der Waals surface area (Å²) in [6.45, 7) is 4.89. The van der Waals surface area contributed by atoms with Crippen LogP contribution >= 0.6 is 11.5 Å². The number of aryl methyl sites for hydroxylation is 1. The highest BCUT2D eigenvalue weighted by Gasteiger charge is 2.39. The predicted octanol–water partition coefficient (Wildman–Crippen LogP) is 2.52. The second-order valence-corrected chi connectivity index (χ2v) is 6.29. The Morgan fingerprint density at radius 3 is 2.70 bits per heavy atom. The van der Waals surface area contributed by atoms with E-state index < -0.39 is 0 Å². The molecule has 0 unspecified atom stereocenters. The van der Waals surface area contributed by atoms with Crippen molar-refractivity contribution < 1.29 is 9.53 Å². The van der Waals surface area contributed by atoms with E-state index in [4.69, 9.17) is 4.74 Å². The minimum Gasteiger partial charge on any atom is -0.462 e. The number of ether oxygens (including phenoxy) is 1. The lowest BCUT2D eigenvalue weighted by molar-refractivity contribution is 0.0526. The Kier molecular flexibility index (Phi) is 4.65. The molecule has 1 fully saturated rings. The molecule has 0 atom stereocenters. The number of nitrogens with one attached hydrogen (secondary N) is 1. The van der Waals surface area contributed by atoms with Gasteiger partial charge in [0.1, 0.15) is 10.6 Å². The highest BCUT2D eigenvalue weighted by molar-refractivity contribution is 7.10. The zero-order chi connectivity index (χ0) is 14.8. The van der Waals surface area contributed by atoms with Crippen LogP contribution in [0.5, 0.6) is 0 Å². The maximum atomic E-state index is 12.0. The maximum absolute atomic E-state index is 12.0. The Morgan fingerprint density at radius 1 is 1.50 bits per heavy atom. The van der Waals surface area contributed by atoms with Gasteiger partial charge in [-0.25, -0.2) is 4.79 Å². The first kappa shape index (κ1) is 15.3. The Balaban J connectivity index is 2.08. The van der Waals surface area contributed by atoms with Crippen molar-refractivity contribution in [3.05, 3.63) is 11.3 Å². The van der Waals surface area contributed by atoms with Crippen molar-refractivity contribution in [3.63, 3.8) is 0 Å². The summed E-state index contributed by atoms with van der Waals surface area (Å²) >= 11 is 1.34. The summed E-state index contributed by atoms with van der Waals surface area (Å²) in [7, 11) is 4.23. The van der Waals surface area contributed by atoms with Crippen molar-refractivity contribution in [1.29, 1.82) is 0 Å². The van der Waals surface area contributed by atoms with Gasteiger partial charge < -0.3 is 15.0 Å². The van der Waals surface area contributed by atoms with Crippen LogP contribution in [0, 0.1) is 6.92 Å². The molecule has 0 aromatic carbocycles. The van der Waals surface area contributed by atoms with E-state index in [9.17, 15) is 4.79 Å². The molecule has 1 aliphatic rings. The van der Waals surface area contributed by atoms with Crippen molar-refractivity contribution in [2.45, 2.75) is 38.6 Å². The van der Waals surface area contributed by atoms with Crippen LogP contribution < -0.4 is 5.32 Å². The molecule has 1 aromatic heterocycles. The van der Waals surface area contributed by atoms with E-state index in [1.165, 1.54) is 30.8 Å². The Bertz CT molecular complexity index is 481. The third-order valence-electron chi connectivity index (χ3n) is 4.15. The normalized spacial score (nSPS) is 16.9. The van der Waals surface area contributed by atoms with Gasteiger partial charge in [0.05, 0.1) is 12.3 Å². The summed E-state index contributed by atoms with van der Waals surface area (Å²) < 4.78 is 9.38. The monoisotopic (exact) mass is 297 g/mol. The van der Waals surface area contributed by atoms with Gasteiger partial charge in [-0.2, -0.15) is 4.37 Å². The van der Waals surface area contributed by atoms with Crippen molar-refractivity contribution >= 4 is 22.5 Å². The van der Waals surface area contributed by atoms with E-state index in [0.717, 1.165) is 17.2 Å². The van der Waals surface area contributed by atoms with Crippen molar-refractivity contribution in [2.24, 2.45) is 0 Å². The van der Waals surface area contributed by atoms with E-state index in [-0.39, 0.29) is 11.5 Å². The summed E-state index contributed by atoms with van der Waals surface area (Å²) in [6, 6.07) is 0.